The lowest BCUT2D eigenvalue weighted by Crippen LogP contribution is -2.16. The van der Waals surface area contributed by atoms with Gasteiger partial charge in [0.1, 0.15) is 5.75 Å². The van der Waals surface area contributed by atoms with Crippen LogP contribution in [0.4, 0.5) is 5.69 Å². The molecular weight excluding hydrogens is 306 g/mol. The molecule has 24 heavy (non-hydrogen) atoms. The van der Waals surface area contributed by atoms with E-state index in [0.717, 1.165) is 18.5 Å². The SMILES string of the molecule is COc1cc(N[C@H](C)CCc2ccc(O)cc2)cc(OC)c1OC. The number of benzene rings is 2. The molecule has 0 saturated carbocycles. The highest BCUT2D eigenvalue weighted by molar-refractivity contribution is 5.62. The number of methoxy groups -OCH3 is 3. The molecule has 0 spiro atoms. The second kappa shape index (κ2) is 8.34. The van der Waals surface area contributed by atoms with Gasteiger partial charge in [-0.25, -0.2) is 0 Å². The summed E-state index contributed by atoms with van der Waals surface area (Å²) in [6.45, 7) is 2.13. The molecule has 0 fully saturated rings. The Bertz CT molecular complexity index is 630. The van der Waals surface area contributed by atoms with E-state index in [1.54, 1.807) is 33.5 Å². The molecule has 130 valence electrons. The lowest BCUT2D eigenvalue weighted by Gasteiger charge is -2.18. The van der Waals surface area contributed by atoms with E-state index >= 15 is 0 Å². The Morgan fingerprint density at radius 2 is 1.54 bits per heavy atom. The molecule has 0 aliphatic heterocycles. The number of nitrogens with one attached hydrogen (secondary N) is 1. The van der Waals surface area contributed by atoms with Crippen molar-refractivity contribution in [3.05, 3.63) is 42.0 Å². The van der Waals surface area contributed by atoms with Gasteiger partial charge in [-0.15, -0.1) is 0 Å². The Kier molecular flexibility index (Phi) is 6.18. The van der Waals surface area contributed by atoms with E-state index < -0.39 is 0 Å². The fraction of sp³-hybridized carbons (Fsp3) is 0.368. The normalized spacial score (nSPS) is 11.7. The molecule has 0 saturated heterocycles. The van der Waals surface area contributed by atoms with Gasteiger partial charge in [0.25, 0.3) is 0 Å². The minimum absolute atomic E-state index is 0.265. The molecule has 2 rings (SSSR count). The van der Waals surface area contributed by atoms with Gasteiger partial charge < -0.3 is 24.6 Å². The largest absolute Gasteiger partial charge is 0.508 e. The first-order valence-corrected chi connectivity index (χ1v) is 7.91. The van der Waals surface area contributed by atoms with Crippen LogP contribution in [0.5, 0.6) is 23.0 Å². The first kappa shape index (κ1) is 17.8. The highest BCUT2D eigenvalue weighted by Gasteiger charge is 2.14. The van der Waals surface area contributed by atoms with Crippen LogP contribution in [0.25, 0.3) is 0 Å². The molecule has 0 aliphatic rings. The Hall–Kier alpha value is -2.56. The van der Waals surface area contributed by atoms with E-state index in [0.29, 0.717) is 23.0 Å². The molecule has 2 N–H and O–H groups in total. The summed E-state index contributed by atoms with van der Waals surface area (Å²) in [4.78, 5) is 0. The fourth-order valence-electron chi connectivity index (χ4n) is 2.57. The van der Waals surface area contributed by atoms with Crippen molar-refractivity contribution in [3.63, 3.8) is 0 Å². The van der Waals surface area contributed by atoms with E-state index in [-0.39, 0.29) is 6.04 Å². The molecule has 1 atom stereocenters. The van der Waals surface area contributed by atoms with Crippen LogP contribution in [0.15, 0.2) is 36.4 Å². The van der Waals surface area contributed by atoms with Gasteiger partial charge in [0.05, 0.1) is 21.3 Å². The summed E-state index contributed by atoms with van der Waals surface area (Å²) in [6, 6.07) is 11.4. The van der Waals surface area contributed by atoms with Crippen LogP contribution in [0.2, 0.25) is 0 Å². The molecule has 0 radical (unpaired) electrons. The standard InChI is InChI=1S/C19H25NO4/c1-13(5-6-14-7-9-16(21)10-8-14)20-15-11-17(22-2)19(24-4)18(12-15)23-3/h7-13,20-21H,5-6H2,1-4H3/t13-/m1/s1. The zero-order valence-electron chi connectivity index (χ0n) is 14.6. The van der Waals surface area contributed by atoms with Crippen LogP contribution >= 0.6 is 0 Å². The van der Waals surface area contributed by atoms with Gasteiger partial charge in [0.2, 0.25) is 5.75 Å². The summed E-state index contributed by atoms with van der Waals surface area (Å²) in [6.07, 6.45) is 1.89. The van der Waals surface area contributed by atoms with Crippen LogP contribution in [0.1, 0.15) is 18.9 Å². The highest BCUT2D eigenvalue weighted by Crippen LogP contribution is 2.40. The third kappa shape index (κ3) is 4.47. The van der Waals surface area contributed by atoms with E-state index in [1.807, 2.05) is 24.3 Å². The predicted octanol–water partition coefficient (Wildman–Crippen LogP) is 3.85. The van der Waals surface area contributed by atoms with Gasteiger partial charge >= 0.3 is 0 Å². The summed E-state index contributed by atoms with van der Waals surface area (Å²) in [5.41, 5.74) is 2.12. The first-order valence-electron chi connectivity index (χ1n) is 7.91. The molecule has 5 heteroatoms. The number of aromatic hydroxyl groups is 1. The molecule has 0 unspecified atom stereocenters. The summed E-state index contributed by atoms with van der Waals surface area (Å²) in [7, 11) is 4.80. The molecule has 5 nitrogen and oxygen atoms in total. The maximum absolute atomic E-state index is 9.32. The van der Waals surface area contributed by atoms with Crippen molar-refractivity contribution in [2.45, 2.75) is 25.8 Å². The molecule has 0 aliphatic carbocycles. The third-order valence-electron chi connectivity index (χ3n) is 3.88. The maximum Gasteiger partial charge on any atom is 0.203 e. The summed E-state index contributed by atoms with van der Waals surface area (Å²) in [5.74, 6) is 2.14. The van der Waals surface area contributed by atoms with E-state index in [2.05, 4.69) is 12.2 Å². The van der Waals surface area contributed by atoms with Crippen LogP contribution in [0.3, 0.4) is 0 Å². The smallest absolute Gasteiger partial charge is 0.203 e. The number of phenolic OH excluding ortho intramolecular Hbond substituents is 1. The number of phenols is 1. The number of rotatable bonds is 8. The average molecular weight is 331 g/mol. The Balaban J connectivity index is 2.02. The summed E-state index contributed by atoms with van der Waals surface area (Å²) < 4.78 is 16.1. The summed E-state index contributed by atoms with van der Waals surface area (Å²) >= 11 is 0. The zero-order valence-corrected chi connectivity index (χ0v) is 14.6. The molecular formula is C19H25NO4. The number of hydrogen-bond donors (Lipinski definition) is 2. The van der Waals surface area contributed by atoms with Crippen molar-refractivity contribution in [2.24, 2.45) is 0 Å². The van der Waals surface area contributed by atoms with Crippen molar-refractivity contribution in [3.8, 4) is 23.0 Å². The third-order valence-corrected chi connectivity index (χ3v) is 3.88. The second-order valence-electron chi connectivity index (χ2n) is 5.66. The minimum Gasteiger partial charge on any atom is -0.508 e. The van der Waals surface area contributed by atoms with Crippen molar-refractivity contribution >= 4 is 5.69 Å². The number of aryl methyl sites for hydroxylation is 1. The topological polar surface area (TPSA) is 60.0 Å². The van der Waals surface area contributed by atoms with E-state index in [9.17, 15) is 5.11 Å². The highest BCUT2D eigenvalue weighted by atomic mass is 16.5. The lowest BCUT2D eigenvalue weighted by molar-refractivity contribution is 0.324. The molecule has 0 aromatic heterocycles. The number of anilines is 1. The van der Waals surface area contributed by atoms with Gasteiger partial charge in [-0.3, -0.25) is 0 Å². The molecule has 0 bridgehead atoms. The Morgan fingerprint density at radius 1 is 0.958 bits per heavy atom. The average Bonchev–Trinajstić information content (AvgIpc) is 2.60. The summed E-state index contributed by atoms with van der Waals surface area (Å²) in [5, 5.41) is 12.8. The number of ether oxygens (including phenoxy) is 3. The van der Waals surface area contributed by atoms with Crippen molar-refractivity contribution in [2.75, 3.05) is 26.6 Å². The fourth-order valence-corrected chi connectivity index (χ4v) is 2.57. The second-order valence-corrected chi connectivity index (χ2v) is 5.66. The van der Waals surface area contributed by atoms with Gasteiger partial charge in [-0.2, -0.15) is 0 Å². The van der Waals surface area contributed by atoms with Gasteiger partial charge in [-0.05, 0) is 37.5 Å². The zero-order chi connectivity index (χ0) is 17.5. The van der Waals surface area contributed by atoms with Crippen molar-refractivity contribution < 1.29 is 19.3 Å². The van der Waals surface area contributed by atoms with Gasteiger partial charge in [0, 0.05) is 23.9 Å². The van der Waals surface area contributed by atoms with Crippen molar-refractivity contribution in [1.29, 1.82) is 0 Å². The van der Waals surface area contributed by atoms with Crippen molar-refractivity contribution in [1.82, 2.24) is 0 Å². The van der Waals surface area contributed by atoms with Crippen LogP contribution in [0, 0.1) is 0 Å². The lowest BCUT2D eigenvalue weighted by atomic mass is 10.1. The maximum atomic E-state index is 9.32. The van der Waals surface area contributed by atoms with Crippen LogP contribution in [-0.4, -0.2) is 32.5 Å². The molecule has 2 aromatic rings. The van der Waals surface area contributed by atoms with Gasteiger partial charge in [0.15, 0.2) is 11.5 Å². The molecule has 2 aromatic carbocycles. The van der Waals surface area contributed by atoms with Gasteiger partial charge in [-0.1, -0.05) is 12.1 Å². The van der Waals surface area contributed by atoms with Crippen LogP contribution in [-0.2, 0) is 6.42 Å². The Labute approximate surface area is 143 Å². The quantitative estimate of drug-likeness (QED) is 0.769. The molecule has 0 amide bonds. The van der Waals surface area contributed by atoms with E-state index in [1.165, 1.54) is 5.56 Å². The van der Waals surface area contributed by atoms with E-state index in [4.69, 9.17) is 14.2 Å². The molecule has 0 heterocycles. The monoisotopic (exact) mass is 331 g/mol. The van der Waals surface area contributed by atoms with Crippen LogP contribution < -0.4 is 19.5 Å². The first-order chi connectivity index (χ1) is 11.6. The Morgan fingerprint density at radius 3 is 2.04 bits per heavy atom. The number of hydrogen-bond acceptors (Lipinski definition) is 5. The predicted molar refractivity (Wildman–Crippen MR) is 95.6 cm³/mol. The minimum atomic E-state index is 0.265.